The van der Waals surface area contributed by atoms with E-state index in [1.54, 1.807) is 31.4 Å². The summed E-state index contributed by atoms with van der Waals surface area (Å²) >= 11 is 0. The summed E-state index contributed by atoms with van der Waals surface area (Å²) < 4.78 is 6.70. The van der Waals surface area contributed by atoms with E-state index in [2.05, 4.69) is 20.8 Å². The number of carbonyl (C=O) groups is 2. The van der Waals surface area contributed by atoms with Gasteiger partial charge in [0, 0.05) is 0 Å². The third kappa shape index (κ3) is 3.10. The zero-order valence-electron chi connectivity index (χ0n) is 16.1. The predicted octanol–water partition coefficient (Wildman–Crippen LogP) is 2.03. The van der Waals surface area contributed by atoms with Crippen molar-refractivity contribution in [1.82, 2.24) is 30.4 Å². The average molecular weight is 392 g/mol. The van der Waals surface area contributed by atoms with Gasteiger partial charge in [-0.05, 0) is 46.7 Å². The lowest BCUT2D eigenvalue weighted by molar-refractivity contribution is -0.132. The molecule has 1 aliphatic rings. The molecule has 9 heteroatoms. The van der Waals surface area contributed by atoms with Crippen LogP contribution in [0.15, 0.2) is 54.6 Å². The van der Waals surface area contributed by atoms with Crippen molar-refractivity contribution in [2.75, 3.05) is 7.11 Å². The lowest BCUT2D eigenvalue weighted by atomic mass is 9.87. The molecular weight excluding hydrogens is 372 g/mol. The highest BCUT2D eigenvalue weighted by molar-refractivity contribution is 6.07. The van der Waals surface area contributed by atoms with E-state index in [-0.39, 0.29) is 12.5 Å². The largest absolute Gasteiger partial charge is 0.497 e. The Balaban J connectivity index is 1.64. The van der Waals surface area contributed by atoms with E-state index in [9.17, 15) is 9.59 Å². The molecule has 1 aliphatic heterocycles. The SMILES string of the molecule is CCC1(c2ccc(OC)cc2)NC(=O)N(Cc2nnnn2-c2ccccc2)C1=O. The number of nitrogens with one attached hydrogen (secondary N) is 1. The molecule has 2 heterocycles. The molecule has 0 bridgehead atoms. The summed E-state index contributed by atoms with van der Waals surface area (Å²) in [5.74, 6) is 0.731. The van der Waals surface area contributed by atoms with Gasteiger partial charge in [0.05, 0.1) is 19.3 Å². The van der Waals surface area contributed by atoms with Gasteiger partial charge in [0.25, 0.3) is 5.91 Å². The van der Waals surface area contributed by atoms with Crippen LogP contribution in [-0.4, -0.2) is 44.2 Å². The van der Waals surface area contributed by atoms with Crippen molar-refractivity contribution in [3.05, 3.63) is 66.0 Å². The summed E-state index contributed by atoms with van der Waals surface area (Å²) in [6.07, 6.45) is 0.407. The van der Waals surface area contributed by atoms with Crippen LogP contribution in [0.5, 0.6) is 5.75 Å². The highest BCUT2D eigenvalue weighted by atomic mass is 16.5. The van der Waals surface area contributed by atoms with Crippen LogP contribution in [-0.2, 0) is 16.9 Å². The first-order chi connectivity index (χ1) is 14.1. The molecule has 1 aromatic heterocycles. The number of hydrogen-bond acceptors (Lipinski definition) is 6. The molecular formula is C20H20N6O3. The molecule has 1 atom stereocenters. The fourth-order valence-corrected chi connectivity index (χ4v) is 3.50. The molecule has 9 nitrogen and oxygen atoms in total. The van der Waals surface area contributed by atoms with Crippen molar-refractivity contribution >= 4 is 11.9 Å². The Morgan fingerprint density at radius 1 is 1.07 bits per heavy atom. The zero-order chi connectivity index (χ0) is 20.4. The van der Waals surface area contributed by atoms with Gasteiger partial charge in [-0.15, -0.1) is 5.10 Å². The maximum Gasteiger partial charge on any atom is 0.325 e. The fourth-order valence-electron chi connectivity index (χ4n) is 3.50. The van der Waals surface area contributed by atoms with Gasteiger partial charge in [-0.2, -0.15) is 4.68 Å². The lowest BCUT2D eigenvalue weighted by Crippen LogP contribution is -2.43. The zero-order valence-corrected chi connectivity index (χ0v) is 16.1. The molecule has 2 aromatic carbocycles. The molecule has 0 aliphatic carbocycles. The van der Waals surface area contributed by atoms with Crippen LogP contribution in [0.2, 0.25) is 0 Å². The standard InChI is InChI=1S/C20H20N6O3/c1-3-20(14-9-11-16(29-2)12-10-14)18(27)25(19(28)21-20)13-17-22-23-24-26(17)15-7-5-4-6-8-15/h4-12H,3,13H2,1-2H3,(H,21,28). The molecule has 0 spiro atoms. The summed E-state index contributed by atoms with van der Waals surface area (Å²) in [7, 11) is 1.58. The van der Waals surface area contributed by atoms with Crippen molar-refractivity contribution in [2.24, 2.45) is 0 Å². The van der Waals surface area contributed by atoms with Gasteiger partial charge in [-0.25, -0.2) is 4.79 Å². The second kappa shape index (κ2) is 7.34. The number of tetrazole rings is 1. The number of rotatable bonds is 6. The van der Waals surface area contributed by atoms with Crippen LogP contribution in [0, 0.1) is 0 Å². The second-order valence-electron chi connectivity index (χ2n) is 6.65. The van der Waals surface area contributed by atoms with E-state index in [4.69, 9.17) is 4.74 Å². The Morgan fingerprint density at radius 3 is 2.45 bits per heavy atom. The molecule has 3 amide bonds. The van der Waals surface area contributed by atoms with E-state index in [0.717, 1.165) is 10.6 Å². The summed E-state index contributed by atoms with van der Waals surface area (Å²) in [5, 5.41) is 14.6. The number of carbonyl (C=O) groups excluding carboxylic acids is 2. The highest BCUT2D eigenvalue weighted by Gasteiger charge is 2.51. The Morgan fingerprint density at radius 2 is 1.79 bits per heavy atom. The first-order valence-corrected chi connectivity index (χ1v) is 9.20. The fraction of sp³-hybridized carbons (Fsp3) is 0.250. The molecule has 0 saturated carbocycles. The number of urea groups is 1. The molecule has 3 aromatic rings. The first kappa shape index (κ1) is 18.6. The van der Waals surface area contributed by atoms with Crippen LogP contribution < -0.4 is 10.1 Å². The van der Waals surface area contributed by atoms with Crippen LogP contribution >= 0.6 is 0 Å². The monoisotopic (exact) mass is 392 g/mol. The number of benzene rings is 2. The Labute approximate surface area is 167 Å². The summed E-state index contributed by atoms with van der Waals surface area (Å²) in [6, 6.07) is 15.9. The molecule has 148 valence electrons. The van der Waals surface area contributed by atoms with E-state index < -0.39 is 11.6 Å². The molecule has 1 N–H and O–H groups in total. The van der Waals surface area contributed by atoms with Gasteiger partial charge in [0.15, 0.2) is 5.82 Å². The van der Waals surface area contributed by atoms with Crippen LogP contribution in [0.3, 0.4) is 0 Å². The summed E-state index contributed by atoms with van der Waals surface area (Å²) in [4.78, 5) is 27.2. The van der Waals surface area contributed by atoms with E-state index >= 15 is 0 Å². The van der Waals surface area contributed by atoms with Crippen LogP contribution in [0.1, 0.15) is 24.7 Å². The normalized spacial score (nSPS) is 18.8. The third-order valence-corrected chi connectivity index (χ3v) is 5.12. The van der Waals surface area contributed by atoms with Gasteiger partial charge in [0.2, 0.25) is 0 Å². The maximum atomic E-state index is 13.3. The molecule has 1 unspecified atom stereocenters. The molecule has 0 radical (unpaired) electrons. The maximum absolute atomic E-state index is 13.3. The van der Waals surface area contributed by atoms with Crippen molar-refractivity contribution in [1.29, 1.82) is 0 Å². The van der Waals surface area contributed by atoms with Crippen molar-refractivity contribution in [3.8, 4) is 11.4 Å². The number of hydrogen-bond donors (Lipinski definition) is 1. The van der Waals surface area contributed by atoms with Gasteiger partial charge in [-0.1, -0.05) is 37.3 Å². The molecule has 4 rings (SSSR count). The smallest absolute Gasteiger partial charge is 0.325 e. The van der Waals surface area contributed by atoms with Crippen LogP contribution in [0.25, 0.3) is 5.69 Å². The molecule has 29 heavy (non-hydrogen) atoms. The summed E-state index contributed by atoms with van der Waals surface area (Å²) in [5.41, 5.74) is 0.315. The van der Waals surface area contributed by atoms with Gasteiger partial charge < -0.3 is 10.1 Å². The number of nitrogens with zero attached hydrogens (tertiary/aromatic N) is 5. The third-order valence-electron chi connectivity index (χ3n) is 5.12. The van der Waals surface area contributed by atoms with Gasteiger partial charge in [-0.3, -0.25) is 9.69 Å². The minimum Gasteiger partial charge on any atom is -0.497 e. The number of ether oxygens (including phenoxy) is 1. The second-order valence-corrected chi connectivity index (χ2v) is 6.65. The lowest BCUT2D eigenvalue weighted by Gasteiger charge is -2.26. The van der Waals surface area contributed by atoms with Crippen molar-refractivity contribution in [3.63, 3.8) is 0 Å². The van der Waals surface area contributed by atoms with Gasteiger partial charge >= 0.3 is 6.03 Å². The Hall–Kier alpha value is -3.75. The Bertz CT molecular complexity index is 1030. The number of para-hydroxylation sites is 1. The summed E-state index contributed by atoms with van der Waals surface area (Å²) in [6.45, 7) is 1.82. The van der Waals surface area contributed by atoms with E-state index in [1.807, 2.05) is 37.3 Å². The highest BCUT2D eigenvalue weighted by Crippen LogP contribution is 2.34. The van der Waals surface area contributed by atoms with Crippen LogP contribution in [0.4, 0.5) is 4.79 Å². The Kier molecular flexibility index (Phi) is 4.71. The molecule has 1 saturated heterocycles. The van der Waals surface area contributed by atoms with Crippen molar-refractivity contribution < 1.29 is 14.3 Å². The number of amides is 3. The minimum atomic E-state index is -1.13. The molecule has 1 fully saturated rings. The predicted molar refractivity (Wildman–Crippen MR) is 103 cm³/mol. The average Bonchev–Trinajstić information content (AvgIpc) is 3.33. The number of imide groups is 1. The van der Waals surface area contributed by atoms with E-state index in [0.29, 0.717) is 23.6 Å². The number of aromatic nitrogens is 4. The minimum absolute atomic E-state index is 0.0372. The van der Waals surface area contributed by atoms with Gasteiger partial charge in [0.1, 0.15) is 11.3 Å². The quantitative estimate of drug-likeness (QED) is 0.644. The van der Waals surface area contributed by atoms with E-state index in [1.165, 1.54) is 4.68 Å². The first-order valence-electron chi connectivity index (χ1n) is 9.20. The number of methoxy groups -OCH3 is 1. The van der Waals surface area contributed by atoms with Crippen molar-refractivity contribution in [2.45, 2.75) is 25.4 Å². The topological polar surface area (TPSA) is 102 Å².